The number of nitrogens with zero attached hydrogens (tertiary/aromatic N) is 3. The molecule has 0 aliphatic carbocycles. The van der Waals surface area contributed by atoms with Gasteiger partial charge >= 0.3 is 26.2 Å². The van der Waals surface area contributed by atoms with Crippen molar-refractivity contribution < 1.29 is 26.2 Å². The third kappa shape index (κ3) is 12.9. The van der Waals surface area contributed by atoms with Crippen molar-refractivity contribution in [2.75, 3.05) is 0 Å². The average molecular weight is 635 g/mol. The van der Waals surface area contributed by atoms with E-state index >= 15 is 0 Å². The molecular formula is C38H45N3Zr-. The molecule has 5 aromatic rings. The summed E-state index contributed by atoms with van der Waals surface area (Å²) in [5, 5.41) is 9.58. The Morgan fingerprint density at radius 3 is 1.24 bits per heavy atom. The molecule has 0 N–H and O–H groups in total. The topological polar surface area (TPSA) is 31.9 Å². The minimum atomic E-state index is -0.323. The zero-order valence-corrected chi connectivity index (χ0v) is 28.8. The van der Waals surface area contributed by atoms with Crippen molar-refractivity contribution in [1.82, 2.24) is 9.78 Å². The monoisotopic (exact) mass is 633 g/mol. The fraction of sp³-hybridized carbons (Fsp3) is 0.211. The molecule has 1 aromatic heterocycles. The first-order valence-electron chi connectivity index (χ1n) is 13.8. The van der Waals surface area contributed by atoms with Crippen molar-refractivity contribution in [2.45, 2.75) is 47.1 Å². The van der Waals surface area contributed by atoms with Crippen LogP contribution >= 0.6 is 0 Å². The fourth-order valence-electron chi connectivity index (χ4n) is 4.33. The average Bonchev–Trinajstić information content (AvgIpc) is 3.27. The molecule has 0 aliphatic heterocycles. The van der Waals surface area contributed by atoms with Gasteiger partial charge in [0.25, 0.3) is 0 Å². The summed E-state index contributed by atoms with van der Waals surface area (Å²) in [6.45, 7) is 23.9. The molecule has 4 aromatic carbocycles. The van der Waals surface area contributed by atoms with Crippen molar-refractivity contribution >= 4 is 5.69 Å². The first kappa shape index (κ1) is 36.4. The molecule has 0 amide bonds. The third-order valence-electron chi connectivity index (χ3n) is 6.15. The first-order chi connectivity index (χ1) is 19.4. The second-order valence-corrected chi connectivity index (χ2v) is 10.7. The molecule has 1 heterocycles. The van der Waals surface area contributed by atoms with Crippen molar-refractivity contribution in [1.29, 1.82) is 0 Å². The summed E-state index contributed by atoms with van der Waals surface area (Å²) in [4.78, 5) is 0. The summed E-state index contributed by atoms with van der Waals surface area (Å²) >= 11 is 0. The molecule has 3 nitrogen and oxygen atoms in total. The maximum absolute atomic E-state index is 5.00. The molecule has 0 saturated heterocycles. The van der Waals surface area contributed by atoms with Crippen LogP contribution in [0.1, 0.15) is 58.5 Å². The van der Waals surface area contributed by atoms with Gasteiger partial charge < -0.3 is 5.32 Å². The molecule has 0 saturated carbocycles. The van der Waals surface area contributed by atoms with Crippen molar-refractivity contribution in [3.05, 3.63) is 180 Å². The van der Waals surface area contributed by atoms with Gasteiger partial charge in [0.2, 0.25) is 0 Å². The molecule has 1 radical (unpaired) electrons. The van der Waals surface area contributed by atoms with Crippen LogP contribution in [0.3, 0.4) is 0 Å². The molecule has 0 bridgehead atoms. The zero-order chi connectivity index (χ0) is 30.4. The van der Waals surface area contributed by atoms with Crippen LogP contribution in [0.15, 0.2) is 109 Å². The van der Waals surface area contributed by atoms with E-state index in [1.165, 1.54) is 22.3 Å². The van der Waals surface area contributed by atoms with E-state index in [0.717, 1.165) is 28.1 Å². The SMILES string of the molecule is Cc1cc(C)c([N-]C(C)(C)c2nn(C)cc2C)c(C)c1.[CH2-]c1ccccc1.[CH2-]c1ccccc1.[CH2-]c1ccccc1.[Zr+3]. The minimum absolute atomic E-state index is 0. The summed E-state index contributed by atoms with van der Waals surface area (Å²) in [5.74, 6) is 0. The molecule has 4 heteroatoms. The second-order valence-electron chi connectivity index (χ2n) is 10.7. The van der Waals surface area contributed by atoms with E-state index in [1.54, 1.807) is 0 Å². The fourth-order valence-corrected chi connectivity index (χ4v) is 4.33. The first-order valence-corrected chi connectivity index (χ1v) is 13.8. The normalized spacial score (nSPS) is 9.88. The maximum atomic E-state index is 5.00. The van der Waals surface area contributed by atoms with Crippen LogP contribution in [0, 0.1) is 48.5 Å². The Hall–Kier alpha value is -3.62. The van der Waals surface area contributed by atoms with Gasteiger partial charge in [-0.1, -0.05) is 66.4 Å². The van der Waals surface area contributed by atoms with Gasteiger partial charge in [-0.2, -0.15) is 79.0 Å². The Morgan fingerprint density at radius 2 is 0.976 bits per heavy atom. The van der Waals surface area contributed by atoms with Gasteiger partial charge in [-0.25, -0.2) is 0 Å². The predicted octanol–water partition coefficient (Wildman–Crippen LogP) is 10.2. The van der Waals surface area contributed by atoms with Crippen LogP contribution < -0.4 is 0 Å². The van der Waals surface area contributed by atoms with E-state index in [0.29, 0.717) is 0 Å². The van der Waals surface area contributed by atoms with E-state index in [-0.39, 0.29) is 31.7 Å². The Morgan fingerprint density at radius 1 is 0.619 bits per heavy atom. The Kier molecular flexibility index (Phi) is 15.6. The van der Waals surface area contributed by atoms with Crippen molar-refractivity contribution in [3.8, 4) is 0 Å². The van der Waals surface area contributed by atoms with Gasteiger partial charge in [0, 0.05) is 13.2 Å². The van der Waals surface area contributed by atoms with Crippen molar-refractivity contribution in [3.63, 3.8) is 0 Å². The molecule has 0 fully saturated rings. The summed E-state index contributed by atoms with van der Waals surface area (Å²) in [6, 6.07) is 34.0. The Bertz CT molecular complexity index is 1330. The number of rotatable bonds is 3. The molecule has 0 atom stereocenters. The van der Waals surface area contributed by atoms with E-state index in [9.17, 15) is 0 Å². The maximum Gasteiger partial charge on any atom is 3.00 e. The van der Waals surface area contributed by atoms with E-state index in [1.807, 2.05) is 109 Å². The van der Waals surface area contributed by atoms with E-state index in [4.69, 9.17) is 5.32 Å². The standard InChI is InChI=1S/C17H24N3.3C7H7.Zr/c1-11-8-12(2)15(13(3)9-11)18-17(5,6)16-14(4)10-20(7)19-16;3*1-7-5-3-2-4-6-7;/h8-10H,1-7H3;3*2-6H,1H2;/q4*-1;+3. The van der Waals surface area contributed by atoms with Crippen LogP contribution in [0.4, 0.5) is 5.69 Å². The number of hydrogen-bond donors (Lipinski definition) is 0. The summed E-state index contributed by atoms with van der Waals surface area (Å²) < 4.78 is 1.86. The summed E-state index contributed by atoms with van der Waals surface area (Å²) in [7, 11) is 1.95. The second kappa shape index (κ2) is 18.0. The molecule has 0 unspecified atom stereocenters. The van der Waals surface area contributed by atoms with Gasteiger partial charge in [-0.05, 0) is 33.3 Å². The molecule has 42 heavy (non-hydrogen) atoms. The Balaban J connectivity index is 0.000000326. The van der Waals surface area contributed by atoms with Gasteiger partial charge in [0.05, 0.1) is 5.69 Å². The van der Waals surface area contributed by atoms with Crippen LogP contribution in [0.2, 0.25) is 0 Å². The molecule has 0 spiro atoms. The van der Waals surface area contributed by atoms with Gasteiger partial charge in [-0.15, -0.1) is 42.1 Å². The van der Waals surface area contributed by atoms with Crippen molar-refractivity contribution in [2.24, 2.45) is 7.05 Å². The van der Waals surface area contributed by atoms with Gasteiger partial charge in [0.1, 0.15) is 0 Å². The van der Waals surface area contributed by atoms with E-state index < -0.39 is 0 Å². The van der Waals surface area contributed by atoms with Gasteiger partial charge in [0.15, 0.2) is 0 Å². The molecule has 5 rings (SSSR count). The summed E-state index contributed by atoms with van der Waals surface area (Å²) in [5.41, 5.74) is 9.94. The number of benzene rings is 4. The smallest absolute Gasteiger partial charge is 0.674 e. The van der Waals surface area contributed by atoms with Crippen LogP contribution in [0.25, 0.3) is 5.32 Å². The number of hydrogen-bond acceptors (Lipinski definition) is 1. The number of aromatic nitrogens is 2. The van der Waals surface area contributed by atoms with Gasteiger partial charge in [-0.3, -0.25) is 4.68 Å². The predicted molar refractivity (Wildman–Crippen MR) is 177 cm³/mol. The largest absolute Gasteiger partial charge is 3.00 e. The van der Waals surface area contributed by atoms with E-state index in [2.05, 4.69) is 79.5 Å². The van der Waals surface area contributed by atoms with Crippen LogP contribution in [0.5, 0.6) is 0 Å². The number of aryl methyl sites for hydroxylation is 5. The minimum Gasteiger partial charge on any atom is -0.674 e. The quantitative estimate of drug-likeness (QED) is 0.182. The summed E-state index contributed by atoms with van der Waals surface area (Å²) in [6.07, 6.45) is 2.04. The van der Waals surface area contributed by atoms with Crippen LogP contribution in [-0.2, 0) is 38.8 Å². The zero-order valence-electron chi connectivity index (χ0n) is 26.4. The molecular weight excluding hydrogens is 590 g/mol. The molecule has 0 aliphatic rings. The van der Waals surface area contributed by atoms with Crippen LogP contribution in [-0.4, -0.2) is 9.78 Å². The molecule has 217 valence electrons. The third-order valence-corrected chi connectivity index (χ3v) is 6.15. The Labute approximate surface area is 274 Å².